The van der Waals surface area contributed by atoms with Crippen LogP contribution < -0.4 is 0 Å². The fourth-order valence-corrected chi connectivity index (χ4v) is 3.37. The summed E-state index contributed by atoms with van der Waals surface area (Å²) in [4.78, 5) is 0. The fourth-order valence-electron chi connectivity index (χ4n) is 3.37. The molecule has 58 valence electrons. The largest absolute Gasteiger partial charge is 0.0622 e. The molecule has 0 heteroatoms. The van der Waals surface area contributed by atoms with E-state index in [1.165, 1.54) is 25.7 Å². The van der Waals surface area contributed by atoms with E-state index < -0.39 is 0 Å². The van der Waals surface area contributed by atoms with Gasteiger partial charge in [0.1, 0.15) is 0 Å². The summed E-state index contributed by atoms with van der Waals surface area (Å²) in [7, 11) is 0. The highest BCUT2D eigenvalue weighted by atomic mass is 14.5. The van der Waals surface area contributed by atoms with Crippen molar-refractivity contribution in [2.45, 2.75) is 39.5 Å². The molecule has 0 amide bonds. The minimum absolute atomic E-state index is 1.04. The van der Waals surface area contributed by atoms with Crippen LogP contribution in [0.3, 0.4) is 0 Å². The Balaban J connectivity index is 2.11. The van der Waals surface area contributed by atoms with Crippen molar-refractivity contribution < 1.29 is 0 Å². The van der Waals surface area contributed by atoms with Gasteiger partial charge in [-0.25, -0.2) is 0 Å². The van der Waals surface area contributed by atoms with E-state index in [0.29, 0.717) is 0 Å². The van der Waals surface area contributed by atoms with Crippen LogP contribution in [0.1, 0.15) is 39.5 Å². The zero-order valence-electron chi connectivity index (χ0n) is 7.14. The Bertz CT molecular complexity index is 114. The van der Waals surface area contributed by atoms with Gasteiger partial charge >= 0.3 is 0 Å². The Morgan fingerprint density at radius 2 is 1.40 bits per heavy atom. The average Bonchev–Trinajstić information content (AvgIpc) is 2.39. The zero-order chi connectivity index (χ0) is 7.14. The van der Waals surface area contributed by atoms with Gasteiger partial charge in [0.05, 0.1) is 0 Å². The predicted octanol–water partition coefficient (Wildman–Crippen LogP) is 3.08. The summed E-state index contributed by atoms with van der Waals surface area (Å²) >= 11 is 0. The van der Waals surface area contributed by atoms with Gasteiger partial charge in [-0.1, -0.05) is 20.3 Å². The number of fused-ring (bicyclic) bond motifs is 1. The van der Waals surface area contributed by atoms with Crippen molar-refractivity contribution in [3.63, 3.8) is 0 Å². The van der Waals surface area contributed by atoms with Crippen molar-refractivity contribution in [1.29, 1.82) is 0 Å². The Hall–Kier alpha value is 0. The van der Waals surface area contributed by atoms with Crippen molar-refractivity contribution in [2.75, 3.05) is 0 Å². The predicted molar refractivity (Wildman–Crippen MR) is 43.8 cm³/mol. The molecule has 0 aromatic heterocycles. The van der Waals surface area contributed by atoms with Gasteiger partial charge in [-0.3, -0.25) is 0 Å². The normalized spacial score (nSPS) is 53.4. The minimum atomic E-state index is 1.04. The second kappa shape index (κ2) is 2.25. The molecule has 4 atom stereocenters. The topological polar surface area (TPSA) is 0 Å². The molecule has 0 saturated heterocycles. The molecule has 0 aromatic carbocycles. The van der Waals surface area contributed by atoms with Crippen LogP contribution in [0.15, 0.2) is 0 Å². The molecular formula is C10H18. The van der Waals surface area contributed by atoms with E-state index in [1.54, 1.807) is 0 Å². The van der Waals surface area contributed by atoms with Gasteiger partial charge in [0, 0.05) is 0 Å². The maximum Gasteiger partial charge on any atom is -0.0357 e. The minimum Gasteiger partial charge on any atom is -0.0622 e. The van der Waals surface area contributed by atoms with E-state index in [0.717, 1.165) is 23.7 Å². The van der Waals surface area contributed by atoms with Crippen molar-refractivity contribution in [2.24, 2.45) is 23.7 Å². The molecular weight excluding hydrogens is 120 g/mol. The number of rotatable bonds is 0. The third-order valence-corrected chi connectivity index (χ3v) is 3.83. The molecule has 0 heterocycles. The van der Waals surface area contributed by atoms with Gasteiger partial charge in [0.15, 0.2) is 0 Å². The van der Waals surface area contributed by atoms with E-state index in [1.807, 2.05) is 0 Å². The zero-order valence-corrected chi connectivity index (χ0v) is 7.14. The first kappa shape index (κ1) is 6.69. The highest BCUT2D eigenvalue weighted by Crippen LogP contribution is 2.50. The highest BCUT2D eigenvalue weighted by Gasteiger charge is 2.40. The van der Waals surface area contributed by atoms with E-state index >= 15 is 0 Å². The molecule has 0 aliphatic heterocycles. The molecule has 0 N–H and O–H groups in total. The second-order valence-electron chi connectivity index (χ2n) is 4.45. The first-order valence-corrected chi connectivity index (χ1v) is 4.79. The van der Waals surface area contributed by atoms with Gasteiger partial charge in [-0.05, 0) is 42.9 Å². The summed E-state index contributed by atoms with van der Waals surface area (Å²) in [5.41, 5.74) is 0. The van der Waals surface area contributed by atoms with Gasteiger partial charge in [-0.2, -0.15) is 0 Å². The summed E-state index contributed by atoms with van der Waals surface area (Å²) < 4.78 is 0. The van der Waals surface area contributed by atoms with Crippen LogP contribution in [0.25, 0.3) is 0 Å². The third kappa shape index (κ3) is 0.810. The van der Waals surface area contributed by atoms with Gasteiger partial charge in [0.2, 0.25) is 0 Å². The van der Waals surface area contributed by atoms with E-state index in [9.17, 15) is 0 Å². The quantitative estimate of drug-likeness (QED) is 0.482. The molecule has 2 saturated carbocycles. The fraction of sp³-hybridized carbons (Fsp3) is 1.00. The maximum atomic E-state index is 2.45. The summed E-state index contributed by atoms with van der Waals surface area (Å²) in [6.07, 6.45) is 6.10. The smallest absolute Gasteiger partial charge is 0.0357 e. The molecule has 0 nitrogen and oxygen atoms in total. The lowest BCUT2D eigenvalue weighted by Gasteiger charge is -2.13. The molecule has 2 fully saturated rings. The van der Waals surface area contributed by atoms with Crippen LogP contribution in [0, 0.1) is 23.7 Å². The standard InChI is InChI=1S/C10H18/c1-7-6-8(2)10-5-3-4-9(7)10/h7-10H,3-6H2,1-2H3/t7?,8?,9-,10+. The number of hydrogen-bond acceptors (Lipinski definition) is 0. The van der Waals surface area contributed by atoms with Crippen LogP contribution in [0.4, 0.5) is 0 Å². The summed E-state index contributed by atoms with van der Waals surface area (Å²) in [6, 6.07) is 0. The average molecular weight is 138 g/mol. The summed E-state index contributed by atoms with van der Waals surface area (Å²) in [5.74, 6) is 4.33. The van der Waals surface area contributed by atoms with E-state index in [-0.39, 0.29) is 0 Å². The lowest BCUT2D eigenvalue weighted by atomic mass is 9.92. The second-order valence-corrected chi connectivity index (χ2v) is 4.45. The van der Waals surface area contributed by atoms with Crippen LogP contribution in [-0.4, -0.2) is 0 Å². The van der Waals surface area contributed by atoms with Crippen LogP contribution in [-0.2, 0) is 0 Å². The van der Waals surface area contributed by atoms with Crippen LogP contribution in [0.2, 0.25) is 0 Å². The Morgan fingerprint density at radius 1 is 0.900 bits per heavy atom. The molecule has 2 aliphatic carbocycles. The van der Waals surface area contributed by atoms with Crippen LogP contribution >= 0.6 is 0 Å². The van der Waals surface area contributed by atoms with Crippen molar-refractivity contribution >= 4 is 0 Å². The lowest BCUT2D eigenvalue weighted by Crippen LogP contribution is -2.07. The van der Waals surface area contributed by atoms with Crippen molar-refractivity contribution in [3.8, 4) is 0 Å². The molecule has 2 rings (SSSR count). The van der Waals surface area contributed by atoms with Gasteiger partial charge in [0.25, 0.3) is 0 Å². The SMILES string of the molecule is CC1CC(C)[C@@H]2CCC[C@H]12. The van der Waals surface area contributed by atoms with E-state index in [4.69, 9.17) is 0 Å². The lowest BCUT2D eigenvalue weighted by molar-refractivity contribution is 0.352. The molecule has 0 radical (unpaired) electrons. The molecule has 2 unspecified atom stereocenters. The monoisotopic (exact) mass is 138 g/mol. The summed E-state index contributed by atoms with van der Waals surface area (Å²) in [5, 5.41) is 0. The Morgan fingerprint density at radius 3 is 1.90 bits per heavy atom. The molecule has 10 heavy (non-hydrogen) atoms. The third-order valence-electron chi connectivity index (χ3n) is 3.83. The first-order valence-electron chi connectivity index (χ1n) is 4.79. The number of hydrogen-bond donors (Lipinski definition) is 0. The molecule has 0 aromatic rings. The Labute approximate surface area is 64.0 Å². The van der Waals surface area contributed by atoms with Crippen molar-refractivity contribution in [1.82, 2.24) is 0 Å². The van der Waals surface area contributed by atoms with Gasteiger partial charge in [-0.15, -0.1) is 0 Å². The highest BCUT2D eigenvalue weighted by molar-refractivity contribution is 4.90. The van der Waals surface area contributed by atoms with E-state index in [2.05, 4.69) is 13.8 Å². The molecule has 0 bridgehead atoms. The van der Waals surface area contributed by atoms with Crippen LogP contribution in [0.5, 0.6) is 0 Å². The Kier molecular flexibility index (Phi) is 1.51. The molecule has 0 spiro atoms. The summed E-state index contributed by atoms with van der Waals surface area (Å²) in [6.45, 7) is 4.90. The van der Waals surface area contributed by atoms with Gasteiger partial charge < -0.3 is 0 Å². The molecule has 2 aliphatic rings. The maximum absolute atomic E-state index is 2.45. The van der Waals surface area contributed by atoms with Crippen molar-refractivity contribution in [3.05, 3.63) is 0 Å². The first-order chi connectivity index (χ1) is 4.79.